The molecule has 7 heteroatoms. The molecule has 5 rings (SSSR count). The minimum atomic E-state index is -0.0591. The van der Waals surface area contributed by atoms with Gasteiger partial charge in [-0.15, -0.1) is 11.3 Å². The van der Waals surface area contributed by atoms with Gasteiger partial charge in [-0.05, 0) is 37.7 Å². The SMILES string of the molecule is O=C(Cn1cnc2sc3c(c2c1=O)CCC3)N1CCOC2CCCCC21. The lowest BCUT2D eigenvalue weighted by Crippen LogP contribution is -2.55. The van der Waals surface area contributed by atoms with Crippen molar-refractivity contribution < 1.29 is 9.53 Å². The molecule has 0 radical (unpaired) electrons. The highest BCUT2D eigenvalue weighted by Gasteiger charge is 2.36. The second-order valence-electron chi connectivity index (χ2n) is 7.56. The number of aromatic nitrogens is 2. The lowest BCUT2D eigenvalue weighted by Gasteiger charge is -2.43. The molecule has 3 heterocycles. The first-order valence-electron chi connectivity index (χ1n) is 9.63. The molecule has 2 unspecified atom stereocenters. The molecule has 2 aromatic rings. The number of morpholine rings is 1. The first-order valence-corrected chi connectivity index (χ1v) is 10.4. The number of aryl methyl sites for hydroxylation is 2. The van der Waals surface area contributed by atoms with Crippen LogP contribution < -0.4 is 5.56 Å². The van der Waals surface area contributed by atoms with Gasteiger partial charge in [-0.2, -0.15) is 0 Å². The minimum Gasteiger partial charge on any atom is -0.374 e. The maximum Gasteiger partial charge on any atom is 0.262 e. The second-order valence-corrected chi connectivity index (χ2v) is 8.65. The minimum absolute atomic E-state index is 0.0142. The number of hydrogen-bond donors (Lipinski definition) is 0. The summed E-state index contributed by atoms with van der Waals surface area (Å²) in [4.78, 5) is 34.5. The topological polar surface area (TPSA) is 64.4 Å². The summed E-state index contributed by atoms with van der Waals surface area (Å²) in [5.74, 6) is 0.0142. The fraction of sp³-hybridized carbons (Fsp3) is 0.632. The van der Waals surface area contributed by atoms with Crippen molar-refractivity contribution in [3.63, 3.8) is 0 Å². The van der Waals surface area contributed by atoms with Crippen molar-refractivity contribution in [3.05, 3.63) is 27.1 Å². The van der Waals surface area contributed by atoms with Gasteiger partial charge in [0.25, 0.3) is 5.56 Å². The Morgan fingerprint density at radius 3 is 3.08 bits per heavy atom. The highest BCUT2D eigenvalue weighted by molar-refractivity contribution is 7.18. The zero-order chi connectivity index (χ0) is 17.7. The molecule has 0 spiro atoms. The second kappa shape index (κ2) is 6.46. The molecule has 3 aliphatic rings. The highest BCUT2D eigenvalue weighted by atomic mass is 32.1. The van der Waals surface area contributed by atoms with Gasteiger partial charge >= 0.3 is 0 Å². The Morgan fingerprint density at radius 1 is 1.27 bits per heavy atom. The number of fused-ring (bicyclic) bond motifs is 4. The molecule has 2 aliphatic carbocycles. The van der Waals surface area contributed by atoms with E-state index >= 15 is 0 Å². The Balaban J connectivity index is 1.43. The van der Waals surface area contributed by atoms with Crippen molar-refractivity contribution in [1.82, 2.24) is 14.5 Å². The van der Waals surface area contributed by atoms with Crippen LogP contribution in [0.2, 0.25) is 0 Å². The summed E-state index contributed by atoms with van der Waals surface area (Å²) < 4.78 is 7.36. The van der Waals surface area contributed by atoms with Crippen molar-refractivity contribution in [2.45, 2.75) is 63.6 Å². The third-order valence-corrected chi connectivity index (χ3v) is 7.25. The normalized spacial score (nSPS) is 25.3. The van der Waals surface area contributed by atoms with Crippen molar-refractivity contribution in [1.29, 1.82) is 0 Å². The first-order chi connectivity index (χ1) is 12.7. The van der Waals surface area contributed by atoms with Gasteiger partial charge in [0.15, 0.2) is 0 Å². The van der Waals surface area contributed by atoms with Crippen LogP contribution in [-0.2, 0) is 28.9 Å². The predicted molar refractivity (Wildman–Crippen MR) is 99.6 cm³/mol. The summed E-state index contributed by atoms with van der Waals surface area (Å²) in [6.07, 6.45) is 9.18. The molecule has 26 heavy (non-hydrogen) atoms. The fourth-order valence-electron chi connectivity index (χ4n) is 4.77. The molecular weight excluding hydrogens is 350 g/mol. The van der Waals surface area contributed by atoms with Crippen LogP contribution in [-0.4, -0.2) is 45.7 Å². The molecule has 0 N–H and O–H groups in total. The monoisotopic (exact) mass is 373 g/mol. The molecule has 2 fully saturated rings. The van der Waals surface area contributed by atoms with Crippen molar-refractivity contribution in [3.8, 4) is 0 Å². The number of ether oxygens (including phenoxy) is 1. The zero-order valence-electron chi connectivity index (χ0n) is 14.8. The van der Waals surface area contributed by atoms with Crippen molar-refractivity contribution >= 4 is 27.5 Å². The Hall–Kier alpha value is -1.73. The van der Waals surface area contributed by atoms with E-state index in [1.807, 2.05) is 4.90 Å². The number of hydrogen-bond acceptors (Lipinski definition) is 5. The summed E-state index contributed by atoms with van der Waals surface area (Å²) in [5.41, 5.74) is 1.11. The number of carbonyl (C=O) groups excluding carboxylic acids is 1. The van der Waals surface area contributed by atoms with E-state index in [-0.39, 0.29) is 30.2 Å². The predicted octanol–water partition coefficient (Wildman–Crippen LogP) is 2.12. The number of amides is 1. The Labute approximate surface area is 155 Å². The smallest absolute Gasteiger partial charge is 0.262 e. The van der Waals surface area contributed by atoms with E-state index in [1.165, 1.54) is 21.4 Å². The van der Waals surface area contributed by atoms with Crippen LogP contribution in [0.15, 0.2) is 11.1 Å². The van der Waals surface area contributed by atoms with Gasteiger partial charge < -0.3 is 9.64 Å². The maximum absolute atomic E-state index is 13.0. The lowest BCUT2D eigenvalue weighted by molar-refractivity contribution is -0.150. The van der Waals surface area contributed by atoms with E-state index in [2.05, 4.69) is 4.98 Å². The maximum atomic E-state index is 13.0. The summed E-state index contributed by atoms with van der Waals surface area (Å²) in [6, 6.07) is 0.169. The third-order valence-electron chi connectivity index (χ3n) is 6.05. The van der Waals surface area contributed by atoms with E-state index in [9.17, 15) is 9.59 Å². The fourth-order valence-corrected chi connectivity index (χ4v) is 5.99. The molecule has 2 aromatic heterocycles. The zero-order valence-corrected chi connectivity index (χ0v) is 15.6. The Bertz CT molecular complexity index is 917. The van der Waals surface area contributed by atoms with Crippen LogP contribution in [0.3, 0.4) is 0 Å². The average Bonchev–Trinajstić information content (AvgIpc) is 3.24. The van der Waals surface area contributed by atoms with Gasteiger partial charge in [0.05, 0.1) is 30.5 Å². The molecule has 1 saturated carbocycles. The standard InChI is InChI=1S/C19H23N3O3S/c23-16(22-8-9-25-14-6-2-1-5-13(14)22)10-21-11-20-18-17(19(21)24)12-4-3-7-15(12)26-18/h11,13-14H,1-10H2. The molecule has 0 bridgehead atoms. The van der Waals surface area contributed by atoms with Gasteiger partial charge in [-0.3, -0.25) is 14.2 Å². The quantitative estimate of drug-likeness (QED) is 0.809. The summed E-state index contributed by atoms with van der Waals surface area (Å²) in [6.45, 7) is 1.30. The van der Waals surface area contributed by atoms with E-state index in [1.54, 1.807) is 17.7 Å². The van der Waals surface area contributed by atoms with Crippen LogP contribution >= 0.6 is 11.3 Å². The molecule has 1 amide bonds. The van der Waals surface area contributed by atoms with Crippen LogP contribution in [0, 0.1) is 0 Å². The lowest BCUT2D eigenvalue weighted by atomic mass is 9.90. The van der Waals surface area contributed by atoms with Gasteiger partial charge in [-0.1, -0.05) is 12.8 Å². The Morgan fingerprint density at radius 2 is 2.15 bits per heavy atom. The van der Waals surface area contributed by atoms with E-state index in [4.69, 9.17) is 4.74 Å². The molecule has 138 valence electrons. The summed E-state index contributed by atoms with van der Waals surface area (Å²) >= 11 is 1.63. The van der Waals surface area contributed by atoms with Crippen molar-refractivity contribution in [2.24, 2.45) is 0 Å². The molecule has 2 atom stereocenters. The highest BCUT2D eigenvalue weighted by Crippen LogP contribution is 2.34. The number of rotatable bonds is 2. The largest absolute Gasteiger partial charge is 0.374 e. The number of thiophene rings is 1. The first kappa shape index (κ1) is 16.4. The van der Waals surface area contributed by atoms with Gasteiger partial charge in [0, 0.05) is 11.4 Å². The number of nitrogens with zero attached hydrogens (tertiary/aromatic N) is 3. The summed E-state index contributed by atoms with van der Waals surface area (Å²) in [5, 5.41) is 0.746. The van der Waals surface area contributed by atoms with E-state index in [0.717, 1.165) is 48.7 Å². The molecule has 1 aliphatic heterocycles. The summed E-state index contributed by atoms with van der Waals surface area (Å²) in [7, 11) is 0. The average molecular weight is 373 g/mol. The van der Waals surface area contributed by atoms with Gasteiger partial charge in [0.2, 0.25) is 5.91 Å². The number of carbonyl (C=O) groups is 1. The van der Waals surface area contributed by atoms with E-state index < -0.39 is 0 Å². The molecule has 1 saturated heterocycles. The molecular formula is C19H23N3O3S. The molecule has 0 aromatic carbocycles. The van der Waals surface area contributed by atoms with Crippen LogP contribution in [0.1, 0.15) is 42.5 Å². The van der Waals surface area contributed by atoms with Crippen LogP contribution in [0.5, 0.6) is 0 Å². The van der Waals surface area contributed by atoms with E-state index in [0.29, 0.717) is 13.2 Å². The van der Waals surface area contributed by atoms with Gasteiger partial charge in [0.1, 0.15) is 11.4 Å². The van der Waals surface area contributed by atoms with Gasteiger partial charge in [-0.25, -0.2) is 4.98 Å². The van der Waals surface area contributed by atoms with Crippen molar-refractivity contribution in [2.75, 3.05) is 13.2 Å². The Kier molecular flexibility index (Phi) is 4.09. The third kappa shape index (κ3) is 2.60. The van der Waals surface area contributed by atoms with Crippen LogP contribution in [0.25, 0.3) is 10.2 Å². The molecule has 6 nitrogen and oxygen atoms in total. The van der Waals surface area contributed by atoms with Crippen LogP contribution in [0.4, 0.5) is 0 Å².